The molecule has 10 nitrogen and oxygen atoms in total. The molecule has 0 aliphatic carbocycles. The van der Waals surface area contributed by atoms with Gasteiger partial charge in [0, 0.05) is 17.1 Å². The average molecular weight is 479 g/mol. The summed E-state index contributed by atoms with van der Waals surface area (Å²) in [5.74, 6) is -2.71. The number of ketones is 2. The second kappa shape index (κ2) is 10.1. The van der Waals surface area contributed by atoms with E-state index in [9.17, 15) is 23.8 Å². The lowest BCUT2D eigenvalue weighted by Gasteiger charge is -2.28. The molecule has 180 valence electrons. The number of H-pyrrole nitrogens is 1. The van der Waals surface area contributed by atoms with Gasteiger partial charge in [-0.25, -0.2) is 4.79 Å². The van der Waals surface area contributed by atoms with E-state index in [0.717, 1.165) is 10.9 Å². The highest BCUT2D eigenvalue weighted by atomic mass is 31.1. The van der Waals surface area contributed by atoms with E-state index < -0.39 is 54.6 Å². The summed E-state index contributed by atoms with van der Waals surface area (Å²) in [5.41, 5.74) is 12.6. The van der Waals surface area contributed by atoms with Gasteiger partial charge in [-0.15, -0.1) is 0 Å². The first-order chi connectivity index (χ1) is 15.2. The fourth-order valence-corrected chi connectivity index (χ4v) is 4.25. The topological polar surface area (TPSA) is 178 Å². The molecule has 0 bridgehead atoms. The number of nitrogens with two attached hydrogens (primary N) is 2. The molecule has 1 amide bonds. The number of para-hydroxylation sites is 1. The normalized spacial score (nSPS) is 16.1. The van der Waals surface area contributed by atoms with Crippen LogP contribution >= 0.6 is 8.03 Å². The molecule has 4 atom stereocenters. The molecule has 0 radical (unpaired) electrons. The molecule has 11 heteroatoms. The number of carbonyl (C=O) groups is 3. The molecule has 2 aromatic rings. The SMILES string of the molecule is CC(C)[C@H](N)C(=O)C(NC(=O)OC(C)(C)C)(C(=O)[C@@H](N)Cc1c[nH]c2ccccc12)[P+](=O)O. The number of amides is 1. The maximum Gasteiger partial charge on any atom is 0.551 e. The van der Waals surface area contributed by atoms with Crippen molar-refractivity contribution in [1.29, 1.82) is 0 Å². The molecular weight excluding hydrogens is 447 g/mol. The number of alkyl carbamates (subject to hydrolysis) is 1. The first kappa shape index (κ1) is 26.6. The number of fused-ring (bicyclic) bond motifs is 1. The van der Waals surface area contributed by atoms with Gasteiger partial charge in [-0.1, -0.05) is 32.0 Å². The zero-order valence-corrected chi connectivity index (χ0v) is 20.3. The van der Waals surface area contributed by atoms with E-state index >= 15 is 0 Å². The predicted molar refractivity (Wildman–Crippen MR) is 125 cm³/mol. The Morgan fingerprint density at radius 1 is 1.15 bits per heavy atom. The molecule has 0 saturated carbocycles. The summed E-state index contributed by atoms with van der Waals surface area (Å²) in [4.78, 5) is 52.6. The predicted octanol–water partition coefficient (Wildman–Crippen LogP) is 2.11. The highest BCUT2D eigenvalue weighted by molar-refractivity contribution is 7.43. The van der Waals surface area contributed by atoms with Crippen LogP contribution in [0.25, 0.3) is 10.9 Å². The summed E-state index contributed by atoms with van der Waals surface area (Å²) in [6, 6.07) is 4.62. The van der Waals surface area contributed by atoms with Crippen molar-refractivity contribution in [2.45, 2.75) is 64.0 Å². The number of aromatic amines is 1. The van der Waals surface area contributed by atoms with E-state index in [1.807, 2.05) is 24.3 Å². The largest absolute Gasteiger partial charge is 0.551 e. The second-order valence-electron chi connectivity index (χ2n) is 9.28. The highest BCUT2D eigenvalue weighted by Gasteiger charge is 2.66. The van der Waals surface area contributed by atoms with Crippen LogP contribution < -0.4 is 16.8 Å². The molecule has 0 aliphatic rings. The van der Waals surface area contributed by atoms with Gasteiger partial charge in [0.2, 0.25) is 11.6 Å². The number of rotatable bonds is 9. The van der Waals surface area contributed by atoms with Crippen LogP contribution in [0.2, 0.25) is 0 Å². The molecule has 0 aliphatic heterocycles. The Morgan fingerprint density at radius 2 is 1.76 bits per heavy atom. The van der Waals surface area contributed by atoms with Crippen molar-refractivity contribution in [1.82, 2.24) is 10.3 Å². The summed E-state index contributed by atoms with van der Waals surface area (Å²) in [6.07, 6.45) is 0.409. The maximum atomic E-state index is 13.5. The summed E-state index contributed by atoms with van der Waals surface area (Å²) < 4.78 is 17.7. The Hall–Kier alpha value is -2.65. The quantitative estimate of drug-likeness (QED) is 0.268. The van der Waals surface area contributed by atoms with Gasteiger partial charge < -0.3 is 21.2 Å². The first-order valence-corrected chi connectivity index (χ1v) is 11.7. The van der Waals surface area contributed by atoms with E-state index in [2.05, 4.69) is 10.3 Å². The van der Waals surface area contributed by atoms with Crippen molar-refractivity contribution in [3.8, 4) is 0 Å². The fraction of sp³-hybridized carbons (Fsp3) is 0.500. The first-order valence-electron chi connectivity index (χ1n) is 10.5. The van der Waals surface area contributed by atoms with E-state index in [-0.39, 0.29) is 6.42 Å². The summed E-state index contributed by atoms with van der Waals surface area (Å²) >= 11 is 0. The van der Waals surface area contributed by atoms with Crippen LogP contribution in [0.5, 0.6) is 0 Å². The lowest BCUT2D eigenvalue weighted by Crippen LogP contribution is -2.66. The minimum atomic E-state index is -3.62. The molecule has 33 heavy (non-hydrogen) atoms. The fourth-order valence-electron chi connectivity index (χ4n) is 3.37. The highest BCUT2D eigenvalue weighted by Crippen LogP contribution is 2.38. The monoisotopic (exact) mass is 479 g/mol. The van der Waals surface area contributed by atoms with Crippen LogP contribution in [0.4, 0.5) is 4.79 Å². The van der Waals surface area contributed by atoms with Crippen molar-refractivity contribution in [2.24, 2.45) is 17.4 Å². The molecule has 0 spiro atoms. The number of Topliss-reactive ketones (excluding diaryl/α,β-unsaturated/α-hetero) is 2. The Kier molecular flexibility index (Phi) is 8.13. The van der Waals surface area contributed by atoms with Crippen molar-refractivity contribution >= 4 is 36.6 Å². The third-order valence-corrected chi connectivity index (χ3v) is 6.28. The number of nitrogens with one attached hydrogen (secondary N) is 2. The van der Waals surface area contributed by atoms with Gasteiger partial charge in [0.05, 0.1) is 12.1 Å². The van der Waals surface area contributed by atoms with Crippen molar-refractivity contribution in [3.63, 3.8) is 0 Å². The average Bonchev–Trinajstić information content (AvgIpc) is 3.11. The van der Waals surface area contributed by atoms with E-state index in [0.29, 0.717) is 5.56 Å². The van der Waals surface area contributed by atoms with Crippen LogP contribution in [0.15, 0.2) is 30.5 Å². The van der Waals surface area contributed by atoms with Gasteiger partial charge >= 0.3 is 19.4 Å². The van der Waals surface area contributed by atoms with Crippen molar-refractivity contribution in [2.75, 3.05) is 0 Å². The Bertz CT molecular complexity index is 1060. The van der Waals surface area contributed by atoms with Crippen molar-refractivity contribution in [3.05, 3.63) is 36.0 Å². The summed E-state index contributed by atoms with van der Waals surface area (Å²) in [5, 5.41) is 0.0137. The van der Waals surface area contributed by atoms with E-state index in [1.165, 1.54) is 0 Å². The minimum Gasteiger partial charge on any atom is -0.444 e. The van der Waals surface area contributed by atoms with Crippen LogP contribution in [-0.2, 0) is 25.3 Å². The second-order valence-corrected chi connectivity index (χ2v) is 10.5. The number of hydrogen-bond acceptors (Lipinski definition) is 7. The zero-order chi connectivity index (χ0) is 25.1. The summed E-state index contributed by atoms with van der Waals surface area (Å²) in [7, 11) is -3.62. The van der Waals surface area contributed by atoms with Crippen LogP contribution in [-0.4, -0.2) is 50.5 Å². The standard InChI is InChI=1S/C22H31N4O6P/c1-12(2)17(24)19(28)22(33(30)31,26-20(29)32-21(3,4)5)18(27)15(23)10-13-11-25-16-9-7-6-8-14(13)16/h6-9,11-12,15,17,25H,10,23-24H2,1-5H3,(H-,26,29,30,31)/p+1/t15-,17-,22?/m0/s1. The Balaban J connectivity index is 2.49. The van der Waals surface area contributed by atoms with Crippen LogP contribution in [0.3, 0.4) is 0 Å². The number of aromatic nitrogens is 1. The smallest absolute Gasteiger partial charge is 0.444 e. The molecule has 2 rings (SSSR count). The molecule has 0 fully saturated rings. The van der Waals surface area contributed by atoms with Crippen molar-refractivity contribution < 1.29 is 28.6 Å². The lowest BCUT2D eigenvalue weighted by atomic mass is 9.89. The molecule has 1 aromatic carbocycles. The number of benzene rings is 1. The molecule has 2 unspecified atom stereocenters. The molecule has 1 heterocycles. The Labute approximate surface area is 193 Å². The van der Waals surface area contributed by atoms with Gasteiger partial charge in [-0.05, 0) is 49.3 Å². The molecule has 1 aromatic heterocycles. The van der Waals surface area contributed by atoms with Gasteiger partial charge in [0.25, 0.3) is 0 Å². The molecule has 0 saturated heterocycles. The minimum absolute atomic E-state index is 0.0477. The lowest BCUT2D eigenvalue weighted by molar-refractivity contribution is -0.134. The van der Waals surface area contributed by atoms with E-state index in [4.69, 9.17) is 16.2 Å². The van der Waals surface area contributed by atoms with Crippen LogP contribution in [0.1, 0.15) is 40.2 Å². The third-order valence-electron chi connectivity index (χ3n) is 5.15. The number of carbonyl (C=O) groups excluding carboxylic acids is 3. The van der Waals surface area contributed by atoms with Crippen LogP contribution in [0, 0.1) is 5.92 Å². The van der Waals surface area contributed by atoms with Gasteiger partial charge in [-0.2, -0.15) is 4.89 Å². The number of ether oxygens (including phenoxy) is 1. The molecule has 7 N–H and O–H groups in total. The van der Waals surface area contributed by atoms with Gasteiger partial charge in [0.1, 0.15) is 5.60 Å². The molecular formula is C22H32N4O6P+. The van der Waals surface area contributed by atoms with E-state index in [1.54, 1.807) is 40.8 Å². The summed E-state index contributed by atoms with van der Waals surface area (Å²) in [6.45, 7) is 7.93. The maximum absolute atomic E-state index is 13.5. The Morgan fingerprint density at radius 3 is 2.30 bits per heavy atom. The third kappa shape index (κ3) is 5.83. The van der Waals surface area contributed by atoms with Gasteiger partial charge in [0.15, 0.2) is 0 Å². The number of hydrogen-bond donors (Lipinski definition) is 5. The van der Waals surface area contributed by atoms with Gasteiger partial charge in [-0.3, -0.25) is 14.9 Å². The zero-order valence-electron chi connectivity index (χ0n) is 19.4.